The number of imide groups is 1. The van der Waals surface area contributed by atoms with Gasteiger partial charge in [-0.3, -0.25) is 24.7 Å². The second-order valence-corrected chi connectivity index (χ2v) is 8.19. The standard InChI is InChI=1S/C23H20N4O6/c1-3-33-23(30)20-18-17(19-15-7-5-4-6-13(15)11-24-26(19)20)21(28)25(22(18)29)16-10-14(27(31)32)9-8-12(16)2/h4-11,17-20H,3H2,1-2H3/t17-,18+,19-,20-/m0/s1. The summed E-state index contributed by atoms with van der Waals surface area (Å²) >= 11 is 0. The quantitative estimate of drug-likeness (QED) is 0.304. The van der Waals surface area contributed by atoms with Gasteiger partial charge in [-0.2, -0.15) is 5.10 Å². The number of nitro groups is 1. The van der Waals surface area contributed by atoms with E-state index < -0.39 is 46.6 Å². The molecule has 2 aromatic carbocycles. The van der Waals surface area contributed by atoms with Crippen molar-refractivity contribution in [3.8, 4) is 0 Å². The largest absolute Gasteiger partial charge is 0.464 e. The zero-order valence-electron chi connectivity index (χ0n) is 17.9. The summed E-state index contributed by atoms with van der Waals surface area (Å²) in [5.41, 5.74) is 2.04. The Hall–Kier alpha value is -4.08. The van der Waals surface area contributed by atoms with Crippen LogP contribution in [-0.2, 0) is 19.1 Å². The van der Waals surface area contributed by atoms with Crippen LogP contribution in [0.15, 0.2) is 47.6 Å². The number of non-ortho nitro benzene ring substituents is 1. The first-order valence-electron chi connectivity index (χ1n) is 10.6. The van der Waals surface area contributed by atoms with Crippen LogP contribution >= 0.6 is 0 Å². The minimum absolute atomic E-state index is 0.112. The van der Waals surface area contributed by atoms with Crippen molar-refractivity contribution in [2.45, 2.75) is 25.9 Å². The van der Waals surface area contributed by atoms with Gasteiger partial charge in [-0.15, -0.1) is 0 Å². The van der Waals surface area contributed by atoms with E-state index in [9.17, 15) is 24.5 Å². The number of hydrogen-bond acceptors (Lipinski definition) is 8. The monoisotopic (exact) mass is 448 g/mol. The lowest BCUT2D eigenvalue weighted by atomic mass is 9.85. The molecule has 3 aliphatic rings. The average molecular weight is 448 g/mol. The van der Waals surface area contributed by atoms with E-state index in [4.69, 9.17) is 4.74 Å². The smallest absolute Gasteiger partial charge is 0.331 e. The van der Waals surface area contributed by atoms with Gasteiger partial charge in [0.05, 0.1) is 41.3 Å². The summed E-state index contributed by atoms with van der Waals surface area (Å²) in [7, 11) is 0. The van der Waals surface area contributed by atoms with Crippen molar-refractivity contribution in [1.29, 1.82) is 0 Å². The Bertz CT molecular complexity index is 1240. The van der Waals surface area contributed by atoms with E-state index in [0.717, 1.165) is 16.0 Å². The predicted octanol–water partition coefficient (Wildman–Crippen LogP) is 2.34. The van der Waals surface area contributed by atoms with Crippen LogP contribution in [0.25, 0.3) is 0 Å². The lowest BCUT2D eigenvalue weighted by Crippen LogP contribution is -2.45. The van der Waals surface area contributed by atoms with E-state index in [1.54, 1.807) is 20.1 Å². The number of carbonyl (C=O) groups is 3. The maximum absolute atomic E-state index is 13.7. The number of fused-ring (bicyclic) bond motifs is 5. The highest BCUT2D eigenvalue weighted by molar-refractivity contribution is 6.24. The van der Waals surface area contributed by atoms with Gasteiger partial charge >= 0.3 is 5.97 Å². The Morgan fingerprint density at radius 1 is 1.15 bits per heavy atom. The maximum Gasteiger partial charge on any atom is 0.331 e. The maximum atomic E-state index is 13.7. The van der Waals surface area contributed by atoms with E-state index in [-0.39, 0.29) is 18.0 Å². The van der Waals surface area contributed by atoms with Crippen LogP contribution in [0.2, 0.25) is 0 Å². The van der Waals surface area contributed by atoms with Gasteiger partial charge < -0.3 is 4.74 Å². The van der Waals surface area contributed by atoms with Crippen LogP contribution in [0, 0.1) is 28.9 Å². The Morgan fingerprint density at radius 3 is 2.61 bits per heavy atom. The zero-order chi connectivity index (χ0) is 23.4. The molecule has 2 fully saturated rings. The molecule has 2 amide bonds. The molecule has 0 unspecified atom stereocenters. The summed E-state index contributed by atoms with van der Waals surface area (Å²) in [4.78, 5) is 52.1. The molecule has 2 aromatic rings. The van der Waals surface area contributed by atoms with Gasteiger partial charge in [-0.05, 0) is 30.5 Å². The SMILES string of the molecule is CCOC(=O)[C@@H]1[C@@H]2C(=O)N(c3cc([N+](=O)[O-])ccc3C)C(=O)[C@@H]2[C@@H]2c3ccccc3C=NN12. The molecular weight excluding hydrogens is 428 g/mol. The fraction of sp³-hybridized carbons (Fsp3) is 0.304. The normalized spacial score (nSPS) is 25.0. The number of nitrogens with zero attached hydrogens (tertiary/aromatic N) is 4. The molecule has 33 heavy (non-hydrogen) atoms. The molecule has 168 valence electrons. The van der Waals surface area contributed by atoms with Gasteiger partial charge in [0.25, 0.3) is 5.69 Å². The van der Waals surface area contributed by atoms with E-state index in [2.05, 4.69) is 5.10 Å². The third kappa shape index (κ3) is 2.94. The van der Waals surface area contributed by atoms with Crippen molar-refractivity contribution in [3.63, 3.8) is 0 Å². The van der Waals surface area contributed by atoms with Crippen molar-refractivity contribution in [2.75, 3.05) is 11.5 Å². The van der Waals surface area contributed by atoms with Crippen molar-refractivity contribution >= 4 is 35.4 Å². The number of ether oxygens (including phenoxy) is 1. The van der Waals surface area contributed by atoms with E-state index in [1.807, 2.05) is 24.3 Å². The lowest BCUT2D eigenvalue weighted by molar-refractivity contribution is -0.384. The van der Waals surface area contributed by atoms with Gasteiger partial charge in [-0.1, -0.05) is 30.3 Å². The molecule has 0 aromatic heterocycles. The Morgan fingerprint density at radius 2 is 1.88 bits per heavy atom. The minimum atomic E-state index is -1.08. The molecule has 5 rings (SSSR count). The van der Waals surface area contributed by atoms with E-state index in [0.29, 0.717) is 5.56 Å². The van der Waals surface area contributed by atoms with E-state index >= 15 is 0 Å². The second kappa shape index (κ2) is 7.51. The highest BCUT2D eigenvalue weighted by Gasteiger charge is 2.66. The second-order valence-electron chi connectivity index (χ2n) is 8.19. The van der Waals surface area contributed by atoms with Crippen molar-refractivity contribution in [3.05, 3.63) is 69.3 Å². The van der Waals surface area contributed by atoms with Crippen LogP contribution in [0.3, 0.4) is 0 Å². The number of esters is 1. The number of aryl methyl sites for hydroxylation is 1. The number of benzene rings is 2. The first-order chi connectivity index (χ1) is 15.8. The van der Waals surface area contributed by atoms with Crippen LogP contribution in [0.1, 0.15) is 29.7 Å². The number of amides is 2. The van der Waals surface area contributed by atoms with Crippen LogP contribution < -0.4 is 4.90 Å². The van der Waals surface area contributed by atoms with Gasteiger partial charge in [0.15, 0.2) is 6.04 Å². The summed E-state index contributed by atoms with van der Waals surface area (Å²) in [6, 6.07) is 9.70. The molecule has 0 N–H and O–H groups in total. The average Bonchev–Trinajstić information content (AvgIpc) is 3.27. The molecule has 10 nitrogen and oxygen atoms in total. The summed E-state index contributed by atoms with van der Waals surface area (Å²) < 4.78 is 5.24. The number of carbonyl (C=O) groups excluding carboxylic acids is 3. The summed E-state index contributed by atoms with van der Waals surface area (Å²) in [6.45, 7) is 3.45. The molecule has 3 aliphatic heterocycles. The molecule has 0 saturated carbocycles. The number of rotatable bonds is 4. The predicted molar refractivity (Wildman–Crippen MR) is 116 cm³/mol. The number of anilines is 1. The molecule has 0 spiro atoms. The zero-order valence-corrected chi connectivity index (χ0v) is 17.9. The Kier molecular flexibility index (Phi) is 4.73. The minimum Gasteiger partial charge on any atom is -0.464 e. The van der Waals surface area contributed by atoms with Crippen molar-refractivity contribution < 1.29 is 24.0 Å². The lowest BCUT2D eigenvalue weighted by Gasteiger charge is -2.33. The molecule has 3 heterocycles. The Labute approximate surface area is 188 Å². The molecule has 0 radical (unpaired) electrons. The first-order valence-corrected chi connectivity index (χ1v) is 10.6. The van der Waals surface area contributed by atoms with Crippen LogP contribution in [0.5, 0.6) is 0 Å². The molecule has 0 bridgehead atoms. The fourth-order valence-corrected chi connectivity index (χ4v) is 5.06. The van der Waals surface area contributed by atoms with Gasteiger partial charge in [0.1, 0.15) is 0 Å². The molecular formula is C23H20N4O6. The van der Waals surface area contributed by atoms with Crippen LogP contribution in [-0.4, -0.2) is 46.6 Å². The number of hydrogen-bond donors (Lipinski definition) is 0. The Balaban J connectivity index is 1.65. The first kappa shape index (κ1) is 20.8. The summed E-state index contributed by atoms with van der Waals surface area (Å²) in [5.74, 6) is -3.64. The summed E-state index contributed by atoms with van der Waals surface area (Å²) in [5, 5.41) is 17.2. The highest BCUT2D eigenvalue weighted by atomic mass is 16.6. The van der Waals surface area contributed by atoms with Gasteiger partial charge in [0, 0.05) is 12.1 Å². The third-order valence-corrected chi connectivity index (χ3v) is 6.47. The molecule has 4 atom stereocenters. The van der Waals surface area contributed by atoms with Crippen LogP contribution in [0.4, 0.5) is 11.4 Å². The third-order valence-electron chi connectivity index (χ3n) is 6.47. The topological polar surface area (TPSA) is 122 Å². The molecule has 0 aliphatic carbocycles. The number of nitro benzene ring substituents is 1. The number of hydrazone groups is 1. The van der Waals surface area contributed by atoms with E-state index in [1.165, 1.54) is 23.2 Å². The molecule has 2 saturated heterocycles. The van der Waals surface area contributed by atoms with Crippen molar-refractivity contribution in [2.24, 2.45) is 16.9 Å². The summed E-state index contributed by atoms with van der Waals surface area (Å²) in [6.07, 6.45) is 1.61. The highest BCUT2D eigenvalue weighted by Crippen LogP contribution is 2.53. The van der Waals surface area contributed by atoms with Crippen molar-refractivity contribution in [1.82, 2.24) is 5.01 Å². The van der Waals surface area contributed by atoms with Gasteiger partial charge in [-0.25, -0.2) is 9.69 Å². The van der Waals surface area contributed by atoms with Gasteiger partial charge in [0.2, 0.25) is 11.8 Å². The fourth-order valence-electron chi connectivity index (χ4n) is 5.06. The molecule has 10 heteroatoms.